The topological polar surface area (TPSA) is 29.9 Å². The van der Waals surface area contributed by atoms with Crippen molar-refractivity contribution >= 4 is 5.69 Å². The number of nitrogens with one attached hydrogen (secondary N) is 1. The summed E-state index contributed by atoms with van der Waals surface area (Å²) in [4.78, 5) is 0. The molecule has 1 N–H and O–H groups in total. The second-order valence-electron chi connectivity index (χ2n) is 5.89. The number of halogens is 8. The van der Waals surface area contributed by atoms with Gasteiger partial charge in [-0.2, -0.15) is 31.4 Å². The van der Waals surface area contributed by atoms with Crippen molar-refractivity contribution in [3.05, 3.63) is 77.7 Å². The molecular weight excluding hydrogens is 422 g/mol. The highest BCUT2D eigenvalue weighted by molar-refractivity contribution is 5.51. The van der Waals surface area contributed by atoms with Crippen LogP contribution in [0, 0.1) is 0 Å². The van der Waals surface area contributed by atoms with Gasteiger partial charge in [-0.3, -0.25) is 0 Å². The monoisotopic (exact) mass is 437 g/mol. The van der Waals surface area contributed by atoms with Crippen molar-refractivity contribution in [1.29, 1.82) is 0 Å². The predicted octanol–water partition coefficient (Wildman–Crippen LogP) is 6.60. The zero-order chi connectivity index (χ0) is 22.7. The molecule has 11 heteroatoms. The largest absolute Gasteiger partial charge is 0.435 e. The SMILES string of the molecule is C=C/C(F)=C(CNc1ccc(-n2nc(C(F)(F)F)cc2C(F)(F)F)cc1)\C(F)=C/C. The Labute approximate surface area is 166 Å². The second kappa shape index (κ2) is 8.72. The van der Waals surface area contributed by atoms with Gasteiger partial charge in [-0.1, -0.05) is 12.7 Å². The molecule has 2 rings (SSSR count). The van der Waals surface area contributed by atoms with Crippen molar-refractivity contribution in [2.75, 3.05) is 11.9 Å². The Balaban J connectivity index is 2.32. The fraction of sp³-hybridized carbons (Fsp3) is 0.211. The molecule has 0 aliphatic heterocycles. The molecule has 0 saturated heterocycles. The van der Waals surface area contributed by atoms with Crippen molar-refractivity contribution in [1.82, 2.24) is 9.78 Å². The summed E-state index contributed by atoms with van der Waals surface area (Å²) in [6.45, 7) is 4.26. The molecule has 0 radical (unpaired) electrons. The number of nitrogens with zero attached hydrogens (tertiary/aromatic N) is 2. The summed E-state index contributed by atoms with van der Waals surface area (Å²) in [5, 5.41) is 5.69. The highest BCUT2D eigenvalue weighted by Crippen LogP contribution is 2.36. The van der Waals surface area contributed by atoms with Gasteiger partial charge in [-0.05, 0) is 37.3 Å². The van der Waals surface area contributed by atoms with Crippen LogP contribution in [0.25, 0.3) is 5.69 Å². The number of hydrogen-bond donors (Lipinski definition) is 1. The van der Waals surface area contributed by atoms with Crippen LogP contribution in [0.3, 0.4) is 0 Å². The molecule has 0 unspecified atom stereocenters. The Morgan fingerprint density at radius 3 is 2.13 bits per heavy atom. The number of alkyl halides is 6. The number of hydrogen-bond acceptors (Lipinski definition) is 2. The third kappa shape index (κ3) is 5.28. The van der Waals surface area contributed by atoms with E-state index in [4.69, 9.17) is 0 Å². The molecule has 30 heavy (non-hydrogen) atoms. The number of anilines is 1. The van der Waals surface area contributed by atoms with Crippen molar-refractivity contribution < 1.29 is 35.1 Å². The van der Waals surface area contributed by atoms with E-state index in [-0.39, 0.29) is 34.2 Å². The van der Waals surface area contributed by atoms with Crippen molar-refractivity contribution in [2.24, 2.45) is 0 Å². The first-order valence-corrected chi connectivity index (χ1v) is 8.30. The summed E-state index contributed by atoms with van der Waals surface area (Å²) < 4.78 is 105. The minimum absolute atomic E-state index is 0.0822. The van der Waals surface area contributed by atoms with E-state index in [0.29, 0.717) is 0 Å². The van der Waals surface area contributed by atoms with E-state index < -0.39 is 35.4 Å². The Hall–Kier alpha value is -3.11. The van der Waals surface area contributed by atoms with Crippen LogP contribution in [0.4, 0.5) is 40.8 Å². The maximum atomic E-state index is 13.7. The molecule has 0 aliphatic rings. The molecule has 162 valence electrons. The fourth-order valence-electron chi connectivity index (χ4n) is 2.41. The number of aromatic nitrogens is 2. The average Bonchev–Trinajstić information content (AvgIpc) is 3.14. The normalized spacial score (nSPS) is 13.8. The molecule has 2 aromatic rings. The van der Waals surface area contributed by atoms with Crippen LogP contribution in [-0.2, 0) is 12.4 Å². The van der Waals surface area contributed by atoms with Gasteiger partial charge < -0.3 is 5.32 Å². The molecule has 0 bridgehead atoms. The predicted molar refractivity (Wildman–Crippen MR) is 95.3 cm³/mol. The smallest absolute Gasteiger partial charge is 0.381 e. The minimum Gasteiger partial charge on any atom is -0.381 e. The van der Waals surface area contributed by atoms with E-state index >= 15 is 0 Å². The van der Waals surface area contributed by atoms with Gasteiger partial charge in [0.2, 0.25) is 0 Å². The van der Waals surface area contributed by atoms with E-state index in [2.05, 4.69) is 17.0 Å². The molecule has 0 spiro atoms. The van der Waals surface area contributed by atoms with Crippen LogP contribution in [0.1, 0.15) is 18.3 Å². The maximum absolute atomic E-state index is 13.7. The number of benzene rings is 1. The van der Waals surface area contributed by atoms with Gasteiger partial charge in [-0.15, -0.1) is 0 Å². The van der Waals surface area contributed by atoms with Gasteiger partial charge in [0, 0.05) is 23.9 Å². The Morgan fingerprint density at radius 2 is 1.67 bits per heavy atom. The first-order valence-electron chi connectivity index (χ1n) is 8.30. The van der Waals surface area contributed by atoms with Crippen LogP contribution in [0.2, 0.25) is 0 Å². The first kappa shape index (κ1) is 23.2. The molecule has 0 saturated carbocycles. The zero-order valence-corrected chi connectivity index (χ0v) is 15.4. The van der Waals surface area contributed by atoms with Gasteiger partial charge in [0.15, 0.2) is 5.69 Å². The Bertz CT molecular complexity index is 963. The molecule has 0 atom stereocenters. The van der Waals surface area contributed by atoms with E-state index in [0.717, 1.165) is 24.3 Å². The number of rotatable bonds is 6. The highest BCUT2D eigenvalue weighted by Gasteiger charge is 2.42. The molecule has 1 heterocycles. The first-order chi connectivity index (χ1) is 13.9. The summed E-state index contributed by atoms with van der Waals surface area (Å²) in [7, 11) is 0. The van der Waals surface area contributed by atoms with E-state index in [1.165, 1.54) is 19.1 Å². The summed E-state index contributed by atoms with van der Waals surface area (Å²) in [6, 6.07) is 4.57. The lowest BCUT2D eigenvalue weighted by Gasteiger charge is -2.12. The van der Waals surface area contributed by atoms with E-state index in [1.807, 2.05) is 0 Å². The fourth-order valence-corrected chi connectivity index (χ4v) is 2.41. The van der Waals surface area contributed by atoms with Crippen molar-refractivity contribution in [3.63, 3.8) is 0 Å². The Kier molecular flexibility index (Phi) is 6.73. The maximum Gasteiger partial charge on any atom is 0.435 e. The summed E-state index contributed by atoms with van der Waals surface area (Å²) in [5.74, 6) is -1.73. The van der Waals surface area contributed by atoms with Crippen LogP contribution in [0.5, 0.6) is 0 Å². The van der Waals surface area contributed by atoms with Gasteiger partial charge in [-0.25, -0.2) is 13.5 Å². The van der Waals surface area contributed by atoms with Gasteiger partial charge >= 0.3 is 12.4 Å². The van der Waals surface area contributed by atoms with Crippen LogP contribution >= 0.6 is 0 Å². The molecule has 1 aromatic carbocycles. The zero-order valence-electron chi connectivity index (χ0n) is 15.4. The van der Waals surface area contributed by atoms with Crippen molar-refractivity contribution in [3.8, 4) is 5.69 Å². The minimum atomic E-state index is -5.07. The second-order valence-corrected chi connectivity index (χ2v) is 5.89. The van der Waals surface area contributed by atoms with Crippen LogP contribution in [0.15, 0.2) is 66.3 Å². The standard InChI is InChI=1S/C19H15F8N3/c1-3-14(20)13(15(21)4-2)10-28-11-5-7-12(8-6-11)30-17(19(25,26)27)9-16(29-30)18(22,23)24/h3-9,28H,1,10H2,2H3/b14-13+,15-4+. The lowest BCUT2D eigenvalue weighted by Crippen LogP contribution is -2.13. The Morgan fingerprint density at radius 1 is 1.07 bits per heavy atom. The van der Waals surface area contributed by atoms with E-state index in [1.54, 1.807) is 0 Å². The highest BCUT2D eigenvalue weighted by atomic mass is 19.4. The summed E-state index contributed by atoms with van der Waals surface area (Å²) >= 11 is 0. The summed E-state index contributed by atoms with van der Waals surface area (Å²) in [6.07, 6.45) is -8.27. The van der Waals surface area contributed by atoms with Crippen molar-refractivity contribution in [2.45, 2.75) is 19.3 Å². The van der Waals surface area contributed by atoms with Gasteiger partial charge in [0.05, 0.1) is 5.69 Å². The van der Waals surface area contributed by atoms with Crippen LogP contribution < -0.4 is 5.32 Å². The molecular formula is C19H15F8N3. The van der Waals surface area contributed by atoms with E-state index in [9.17, 15) is 35.1 Å². The molecule has 1 aromatic heterocycles. The summed E-state index contributed by atoms with van der Waals surface area (Å²) in [5.41, 5.74) is -3.62. The molecule has 0 amide bonds. The number of allylic oxidation sites excluding steroid dienone is 3. The third-order valence-corrected chi connectivity index (χ3v) is 3.88. The molecule has 0 fully saturated rings. The third-order valence-electron chi connectivity index (χ3n) is 3.88. The van der Waals surface area contributed by atoms with Gasteiger partial charge in [0.25, 0.3) is 0 Å². The van der Waals surface area contributed by atoms with Crippen LogP contribution in [-0.4, -0.2) is 16.3 Å². The molecule has 3 nitrogen and oxygen atoms in total. The lowest BCUT2D eigenvalue weighted by molar-refractivity contribution is -0.143. The average molecular weight is 437 g/mol. The van der Waals surface area contributed by atoms with Gasteiger partial charge in [0.1, 0.15) is 17.3 Å². The molecule has 0 aliphatic carbocycles. The lowest BCUT2D eigenvalue weighted by atomic mass is 10.2. The quantitative estimate of drug-likeness (QED) is 0.407.